The quantitative estimate of drug-likeness (QED) is 0.719. The van der Waals surface area contributed by atoms with Gasteiger partial charge in [-0.2, -0.15) is 0 Å². The zero-order chi connectivity index (χ0) is 13.5. The smallest absolute Gasteiger partial charge is 0.237 e. The van der Waals surface area contributed by atoms with Crippen molar-refractivity contribution in [1.29, 1.82) is 0 Å². The van der Waals surface area contributed by atoms with Gasteiger partial charge in [-0.3, -0.25) is 9.69 Å². The number of rotatable bonds is 3. The first-order chi connectivity index (χ1) is 8.33. The van der Waals surface area contributed by atoms with Crippen LogP contribution in [0.1, 0.15) is 26.2 Å². The highest BCUT2D eigenvalue weighted by Gasteiger charge is 2.45. The second kappa shape index (κ2) is 4.79. The van der Waals surface area contributed by atoms with Crippen molar-refractivity contribution in [3.63, 3.8) is 0 Å². The second-order valence-corrected chi connectivity index (χ2v) is 6.38. The van der Waals surface area contributed by atoms with E-state index < -0.39 is 5.54 Å². The Morgan fingerprint density at radius 3 is 2.50 bits per heavy atom. The average molecular weight is 254 g/mol. The maximum atomic E-state index is 11.4. The molecule has 4 atom stereocenters. The third-order valence-corrected chi connectivity index (χ3v) is 4.79. The lowest BCUT2D eigenvalue weighted by molar-refractivity contribution is -0.123. The van der Waals surface area contributed by atoms with Crippen molar-refractivity contribution in [2.75, 3.05) is 27.2 Å². The minimum absolute atomic E-state index is 0.346. The highest BCUT2D eigenvalue weighted by Crippen LogP contribution is 2.34. The van der Waals surface area contributed by atoms with Crippen LogP contribution in [0.2, 0.25) is 0 Å². The summed E-state index contributed by atoms with van der Waals surface area (Å²) < 4.78 is 0. The van der Waals surface area contributed by atoms with Crippen LogP contribution >= 0.6 is 0 Å². The summed E-state index contributed by atoms with van der Waals surface area (Å²) in [5, 5.41) is 0. The number of carbonyl (C=O) groups excluding carboxylic acids is 1. The third-order valence-electron chi connectivity index (χ3n) is 4.79. The molecule has 0 aromatic rings. The number of hydrogen-bond donors (Lipinski definition) is 2. The molecule has 1 heterocycles. The van der Waals surface area contributed by atoms with Gasteiger partial charge in [0.2, 0.25) is 5.91 Å². The molecule has 0 bridgehead atoms. The number of hydrogen-bond acceptors (Lipinski definition) is 4. The molecule has 4 unspecified atom stereocenters. The Morgan fingerprint density at radius 2 is 2.06 bits per heavy atom. The van der Waals surface area contributed by atoms with Crippen LogP contribution in [0.3, 0.4) is 0 Å². The van der Waals surface area contributed by atoms with E-state index in [0.29, 0.717) is 18.0 Å². The zero-order valence-corrected chi connectivity index (χ0v) is 11.7. The van der Waals surface area contributed by atoms with E-state index >= 15 is 0 Å². The van der Waals surface area contributed by atoms with Crippen LogP contribution < -0.4 is 11.5 Å². The molecule has 0 radical (unpaired) electrons. The molecule has 1 aliphatic carbocycles. The lowest BCUT2D eigenvalue weighted by Gasteiger charge is -2.27. The van der Waals surface area contributed by atoms with Gasteiger partial charge in [0.25, 0.3) is 0 Å². The monoisotopic (exact) mass is 254 g/mol. The van der Waals surface area contributed by atoms with Crippen molar-refractivity contribution in [3.8, 4) is 0 Å². The summed E-state index contributed by atoms with van der Waals surface area (Å²) in [5.74, 6) is 0.322. The molecule has 1 saturated heterocycles. The van der Waals surface area contributed by atoms with Gasteiger partial charge in [0.1, 0.15) is 0 Å². The molecule has 0 aromatic heterocycles. The lowest BCUT2D eigenvalue weighted by Crippen LogP contribution is -2.51. The number of nitrogens with zero attached hydrogens (tertiary/aromatic N) is 2. The molecular formula is C13H26N4O. The Balaban J connectivity index is 1.98. The number of carbonyl (C=O) groups is 1. The van der Waals surface area contributed by atoms with E-state index in [1.807, 2.05) is 0 Å². The molecule has 0 spiro atoms. The van der Waals surface area contributed by atoms with Crippen LogP contribution in [0.5, 0.6) is 0 Å². The lowest BCUT2D eigenvalue weighted by atomic mass is 9.98. The van der Waals surface area contributed by atoms with E-state index in [2.05, 4.69) is 30.8 Å². The Morgan fingerprint density at radius 1 is 1.39 bits per heavy atom. The van der Waals surface area contributed by atoms with Crippen molar-refractivity contribution in [3.05, 3.63) is 0 Å². The highest BCUT2D eigenvalue weighted by atomic mass is 16.1. The molecule has 0 aromatic carbocycles. The van der Waals surface area contributed by atoms with Gasteiger partial charge in [-0.15, -0.1) is 0 Å². The fraction of sp³-hybridized carbons (Fsp3) is 0.923. The minimum Gasteiger partial charge on any atom is -0.368 e. The van der Waals surface area contributed by atoms with Gasteiger partial charge in [0.15, 0.2) is 0 Å². The number of primary amides is 1. The average Bonchev–Trinajstić information content (AvgIpc) is 2.83. The normalized spacial score (nSPS) is 41.7. The van der Waals surface area contributed by atoms with Crippen LogP contribution in [-0.4, -0.2) is 60.5 Å². The standard InChI is InChI=1S/C13H26N4O/c1-9-7-17(8-11(9)16(2)3)10-4-5-13(15,6-10)12(14)18/h9-11H,4-8,15H2,1-3H3,(H2,14,18). The summed E-state index contributed by atoms with van der Waals surface area (Å²) in [5.41, 5.74) is 10.7. The predicted molar refractivity (Wildman–Crippen MR) is 72.0 cm³/mol. The number of nitrogens with two attached hydrogens (primary N) is 2. The van der Waals surface area contributed by atoms with Gasteiger partial charge in [0, 0.05) is 25.2 Å². The Hall–Kier alpha value is -0.650. The minimum atomic E-state index is -0.774. The van der Waals surface area contributed by atoms with E-state index in [4.69, 9.17) is 11.5 Å². The van der Waals surface area contributed by atoms with E-state index in [9.17, 15) is 4.79 Å². The molecular weight excluding hydrogens is 228 g/mol. The van der Waals surface area contributed by atoms with Gasteiger partial charge in [-0.05, 0) is 39.3 Å². The van der Waals surface area contributed by atoms with Crippen molar-refractivity contribution in [2.24, 2.45) is 17.4 Å². The Labute approximate surface area is 109 Å². The molecule has 1 saturated carbocycles. The summed E-state index contributed by atoms with van der Waals surface area (Å²) in [4.78, 5) is 16.2. The first-order valence-electron chi connectivity index (χ1n) is 6.83. The maximum Gasteiger partial charge on any atom is 0.237 e. The van der Waals surface area contributed by atoms with E-state index in [0.717, 1.165) is 32.4 Å². The second-order valence-electron chi connectivity index (χ2n) is 6.38. The molecule has 2 aliphatic rings. The molecule has 4 N–H and O–H groups in total. The molecule has 18 heavy (non-hydrogen) atoms. The Kier molecular flexibility index (Phi) is 3.67. The molecule has 2 fully saturated rings. The number of likely N-dealkylation sites (tertiary alicyclic amines) is 1. The van der Waals surface area contributed by atoms with Gasteiger partial charge >= 0.3 is 0 Å². The van der Waals surface area contributed by atoms with E-state index in [-0.39, 0.29) is 5.91 Å². The van der Waals surface area contributed by atoms with Crippen molar-refractivity contribution >= 4 is 5.91 Å². The summed E-state index contributed by atoms with van der Waals surface area (Å²) in [6, 6.07) is 1.03. The molecule has 2 rings (SSSR count). The van der Waals surface area contributed by atoms with Gasteiger partial charge in [-0.1, -0.05) is 6.92 Å². The highest BCUT2D eigenvalue weighted by molar-refractivity contribution is 5.84. The number of amides is 1. The van der Waals surface area contributed by atoms with Crippen molar-refractivity contribution < 1.29 is 4.79 Å². The summed E-state index contributed by atoms with van der Waals surface area (Å²) in [6.07, 6.45) is 2.44. The molecule has 5 nitrogen and oxygen atoms in total. The first kappa shape index (κ1) is 13.8. The van der Waals surface area contributed by atoms with Crippen molar-refractivity contribution in [2.45, 2.75) is 43.8 Å². The number of likely N-dealkylation sites (N-methyl/N-ethyl adjacent to an activating group) is 1. The van der Waals surface area contributed by atoms with Crippen molar-refractivity contribution in [1.82, 2.24) is 9.80 Å². The van der Waals surface area contributed by atoms with Gasteiger partial charge < -0.3 is 16.4 Å². The fourth-order valence-corrected chi connectivity index (χ4v) is 3.54. The third kappa shape index (κ3) is 2.39. The Bertz CT molecular complexity index is 333. The van der Waals surface area contributed by atoms with Crippen LogP contribution in [0.15, 0.2) is 0 Å². The molecule has 1 aliphatic heterocycles. The topological polar surface area (TPSA) is 75.6 Å². The molecule has 5 heteroatoms. The van der Waals surface area contributed by atoms with E-state index in [1.165, 1.54) is 0 Å². The van der Waals surface area contributed by atoms with Crippen LogP contribution in [0.4, 0.5) is 0 Å². The largest absolute Gasteiger partial charge is 0.368 e. The van der Waals surface area contributed by atoms with Gasteiger partial charge in [-0.25, -0.2) is 0 Å². The van der Waals surface area contributed by atoms with E-state index in [1.54, 1.807) is 0 Å². The SMILES string of the molecule is CC1CN(C2CCC(N)(C(N)=O)C2)CC1N(C)C. The first-order valence-corrected chi connectivity index (χ1v) is 6.83. The predicted octanol–water partition coefficient (Wildman–Crippen LogP) is -0.396. The van der Waals surface area contributed by atoms with Gasteiger partial charge in [0.05, 0.1) is 5.54 Å². The molecule has 104 valence electrons. The van der Waals surface area contributed by atoms with Crippen LogP contribution in [0, 0.1) is 5.92 Å². The summed E-state index contributed by atoms with van der Waals surface area (Å²) in [6.45, 7) is 4.47. The van der Waals surface area contributed by atoms with Crippen LogP contribution in [0.25, 0.3) is 0 Å². The maximum absolute atomic E-state index is 11.4. The summed E-state index contributed by atoms with van der Waals surface area (Å²) >= 11 is 0. The molecule has 1 amide bonds. The summed E-state index contributed by atoms with van der Waals surface area (Å²) in [7, 11) is 4.27. The van der Waals surface area contributed by atoms with Crippen LogP contribution in [-0.2, 0) is 4.79 Å². The fourth-order valence-electron chi connectivity index (χ4n) is 3.54. The zero-order valence-electron chi connectivity index (χ0n) is 11.7.